The molecule has 2 heterocycles. The van der Waals surface area contributed by atoms with E-state index in [0.717, 1.165) is 36.3 Å². The van der Waals surface area contributed by atoms with Crippen molar-refractivity contribution in [3.8, 4) is 0 Å². The number of hydrogen-bond acceptors (Lipinski definition) is 7. The van der Waals surface area contributed by atoms with Gasteiger partial charge in [0.25, 0.3) is 0 Å². The number of oxazole rings is 1. The molecule has 2 unspecified atom stereocenters. The zero-order valence-corrected chi connectivity index (χ0v) is 16.8. The van der Waals surface area contributed by atoms with Crippen molar-refractivity contribution in [1.29, 1.82) is 0 Å². The van der Waals surface area contributed by atoms with Crippen molar-refractivity contribution in [2.24, 2.45) is 17.8 Å². The summed E-state index contributed by atoms with van der Waals surface area (Å²) in [5.74, 6) is 2.56. The number of hydrogen-bond donors (Lipinski definition) is 4. The molecule has 0 aliphatic heterocycles. The molecule has 4 aliphatic rings. The molecule has 156 valence electrons. The number of fused-ring (bicyclic) bond motifs is 1. The van der Waals surface area contributed by atoms with Gasteiger partial charge in [-0.1, -0.05) is 0 Å². The molecule has 0 spiro atoms. The molecule has 1 aromatic carbocycles. The highest BCUT2D eigenvalue weighted by Crippen LogP contribution is 2.56. The van der Waals surface area contributed by atoms with Crippen molar-refractivity contribution in [2.45, 2.75) is 50.7 Å². The first-order valence-corrected chi connectivity index (χ1v) is 10.7. The van der Waals surface area contributed by atoms with Crippen molar-refractivity contribution in [3.63, 3.8) is 0 Å². The monoisotopic (exact) mass is 407 g/mol. The number of H-pyrrole nitrogens is 1. The van der Waals surface area contributed by atoms with Gasteiger partial charge in [0, 0.05) is 23.5 Å². The lowest BCUT2D eigenvalue weighted by Gasteiger charge is -2.58. The van der Waals surface area contributed by atoms with Crippen LogP contribution >= 0.6 is 0 Å². The van der Waals surface area contributed by atoms with Crippen LogP contribution in [0.2, 0.25) is 0 Å². The van der Waals surface area contributed by atoms with Gasteiger partial charge in [-0.15, -0.1) is 0 Å². The van der Waals surface area contributed by atoms with Gasteiger partial charge < -0.3 is 20.2 Å². The Labute approximate surface area is 173 Å². The van der Waals surface area contributed by atoms with E-state index in [4.69, 9.17) is 9.40 Å². The minimum atomic E-state index is -0.472. The third kappa shape index (κ3) is 2.98. The van der Waals surface area contributed by atoms with Gasteiger partial charge in [0.1, 0.15) is 5.82 Å². The predicted octanol–water partition coefficient (Wildman–Crippen LogP) is 3.31. The van der Waals surface area contributed by atoms with E-state index in [-0.39, 0.29) is 0 Å². The minimum Gasteiger partial charge on any atom is -0.408 e. The van der Waals surface area contributed by atoms with Crippen LogP contribution in [0.15, 0.2) is 33.6 Å². The summed E-state index contributed by atoms with van der Waals surface area (Å²) < 4.78 is 5.05. The summed E-state index contributed by atoms with van der Waals surface area (Å²) in [6.07, 6.45) is 7.01. The summed E-state index contributed by atoms with van der Waals surface area (Å²) in [7, 11) is 0. The molecule has 4 saturated carbocycles. The Bertz CT molecular complexity index is 1170. The fraction of sp³-hybridized carbons (Fsp3) is 0.500. The second-order valence-corrected chi connectivity index (χ2v) is 9.44. The molecule has 2 aromatic heterocycles. The van der Waals surface area contributed by atoms with Gasteiger partial charge in [0.05, 0.1) is 11.1 Å². The summed E-state index contributed by atoms with van der Waals surface area (Å²) in [5, 5.41) is 17.8. The zero-order chi connectivity index (χ0) is 20.5. The number of benzene rings is 1. The zero-order valence-electron chi connectivity index (χ0n) is 16.8. The average molecular weight is 407 g/mol. The second-order valence-electron chi connectivity index (χ2n) is 9.44. The van der Waals surface area contributed by atoms with E-state index in [1.54, 1.807) is 12.1 Å². The lowest BCUT2D eigenvalue weighted by molar-refractivity contribution is -0.129. The lowest BCUT2D eigenvalue weighted by Crippen LogP contribution is -2.59. The standard InChI is InChI=1S/C22H25N5O3/c1-11-10-23-20(24-15-2-3-17-16(6-15)25-21(28)30-17)27-19(11)26-18-13-4-12-5-14(18)9-22(29,7-12)8-13/h2-3,6,10,12-14,18,29H,4-5,7-9H2,1H3,(H,25,28)(H2,23,24,26,27). The summed E-state index contributed by atoms with van der Waals surface area (Å²) in [4.78, 5) is 23.2. The third-order valence-electron chi connectivity index (χ3n) is 7.19. The summed E-state index contributed by atoms with van der Waals surface area (Å²) in [6, 6.07) is 5.72. The normalized spacial score (nSPS) is 31.9. The molecule has 30 heavy (non-hydrogen) atoms. The Morgan fingerprint density at radius 1 is 1.23 bits per heavy atom. The van der Waals surface area contributed by atoms with Gasteiger partial charge in [-0.25, -0.2) is 9.78 Å². The molecule has 0 saturated heterocycles. The van der Waals surface area contributed by atoms with E-state index < -0.39 is 11.4 Å². The number of anilines is 3. The van der Waals surface area contributed by atoms with Crippen LogP contribution in [0, 0.1) is 24.7 Å². The average Bonchev–Trinajstić information content (AvgIpc) is 3.05. The Morgan fingerprint density at radius 2 is 2.03 bits per heavy atom. The van der Waals surface area contributed by atoms with Crippen LogP contribution in [-0.4, -0.2) is 31.7 Å². The van der Waals surface area contributed by atoms with Crippen molar-refractivity contribution in [1.82, 2.24) is 15.0 Å². The van der Waals surface area contributed by atoms with Crippen LogP contribution in [0.25, 0.3) is 11.1 Å². The highest BCUT2D eigenvalue weighted by molar-refractivity contribution is 5.78. The molecule has 2 atom stereocenters. The van der Waals surface area contributed by atoms with Gasteiger partial charge in [0.15, 0.2) is 5.58 Å². The van der Waals surface area contributed by atoms with Crippen molar-refractivity contribution in [2.75, 3.05) is 10.6 Å². The van der Waals surface area contributed by atoms with Crippen LogP contribution in [0.1, 0.15) is 37.7 Å². The molecule has 4 bridgehead atoms. The maximum atomic E-state index is 11.4. The Balaban J connectivity index is 1.24. The van der Waals surface area contributed by atoms with Crippen LogP contribution in [0.5, 0.6) is 0 Å². The van der Waals surface area contributed by atoms with Crippen LogP contribution in [-0.2, 0) is 0 Å². The molecule has 7 rings (SSSR count). The first-order valence-electron chi connectivity index (χ1n) is 10.7. The molecule has 0 radical (unpaired) electrons. The summed E-state index contributed by atoms with van der Waals surface area (Å²) >= 11 is 0. The van der Waals surface area contributed by atoms with E-state index >= 15 is 0 Å². The first kappa shape index (κ1) is 17.9. The smallest absolute Gasteiger partial charge is 0.408 e. The largest absolute Gasteiger partial charge is 0.417 e. The lowest BCUT2D eigenvalue weighted by atomic mass is 9.52. The quantitative estimate of drug-likeness (QED) is 0.524. The number of aliphatic hydroxyl groups is 1. The SMILES string of the molecule is Cc1cnc(Nc2ccc3oc(=O)[nH]c3c2)nc1NC1C2CC3CC1CC(O)(C3)C2. The van der Waals surface area contributed by atoms with E-state index in [9.17, 15) is 9.90 Å². The van der Waals surface area contributed by atoms with Crippen molar-refractivity contribution in [3.05, 3.63) is 40.5 Å². The van der Waals surface area contributed by atoms with Crippen LogP contribution in [0.3, 0.4) is 0 Å². The van der Waals surface area contributed by atoms with Gasteiger partial charge in [-0.05, 0) is 75.0 Å². The van der Waals surface area contributed by atoms with Crippen LogP contribution < -0.4 is 16.4 Å². The summed E-state index contributed by atoms with van der Waals surface area (Å²) in [6.45, 7) is 2.01. The number of rotatable bonds is 4. The van der Waals surface area contributed by atoms with Crippen LogP contribution in [0.4, 0.5) is 17.5 Å². The van der Waals surface area contributed by atoms with Gasteiger partial charge >= 0.3 is 5.76 Å². The number of nitrogens with zero attached hydrogens (tertiary/aromatic N) is 2. The predicted molar refractivity (Wildman–Crippen MR) is 113 cm³/mol. The van der Waals surface area contributed by atoms with Gasteiger partial charge in [0.2, 0.25) is 5.95 Å². The fourth-order valence-corrected chi connectivity index (χ4v) is 6.18. The Morgan fingerprint density at radius 3 is 2.80 bits per heavy atom. The minimum absolute atomic E-state index is 0.357. The molecular weight excluding hydrogens is 382 g/mol. The molecule has 8 nitrogen and oxygen atoms in total. The fourth-order valence-electron chi connectivity index (χ4n) is 6.18. The van der Waals surface area contributed by atoms with E-state index in [1.165, 1.54) is 12.8 Å². The molecular formula is C22H25N5O3. The second kappa shape index (κ2) is 6.31. The Kier molecular flexibility index (Phi) is 3.78. The maximum Gasteiger partial charge on any atom is 0.417 e. The topological polar surface area (TPSA) is 116 Å². The molecule has 4 fully saturated rings. The van der Waals surface area contributed by atoms with Gasteiger partial charge in [-0.3, -0.25) is 4.98 Å². The molecule has 0 amide bonds. The maximum absolute atomic E-state index is 11.4. The number of nitrogens with one attached hydrogen (secondary N) is 3. The van der Waals surface area contributed by atoms with E-state index in [0.29, 0.717) is 40.8 Å². The molecule has 4 aliphatic carbocycles. The molecule has 8 heteroatoms. The van der Waals surface area contributed by atoms with Crippen molar-refractivity contribution < 1.29 is 9.52 Å². The first-order chi connectivity index (χ1) is 14.4. The highest BCUT2D eigenvalue weighted by atomic mass is 16.4. The van der Waals surface area contributed by atoms with E-state index in [1.807, 2.05) is 19.2 Å². The number of aromatic amines is 1. The van der Waals surface area contributed by atoms with Gasteiger partial charge in [-0.2, -0.15) is 4.98 Å². The Hall–Kier alpha value is -2.87. The third-order valence-corrected chi connectivity index (χ3v) is 7.19. The number of aromatic nitrogens is 3. The van der Waals surface area contributed by atoms with Crippen molar-refractivity contribution >= 4 is 28.6 Å². The van der Waals surface area contributed by atoms with E-state index in [2.05, 4.69) is 20.6 Å². The highest BCUT2D eigenvalue weighted by Gasteiger charge is 2.54. The molecule has 3 aromatic rings. The summed E-state index contributed by atoms with van der Waals surface area (Å²) in [5.41, 5.74) is 2.48. The number of aryl methyl sites for hydroxylation is 1. The molecule has 4 N–H and O–H groups in total.